The van der Waals surface area contributed by atoms with Gasteiger partial charge in [0.2, 0.25) is 11.8 Å². The standard InChI is InChI=1S/C41H43ClF3N11O3/c1-38(2,22-56-31(14-33(51-56)41(43,44)45)27-18-47-36(48-19-27)39(3,4)59)50-35(57)32(11-23-16-49-53(5)20-23)55-10-9-40(37(55)58)15-29(40)28-8-7-24(13-30(28)42)25-12-26-21-54(6)52-34(26)46-17-25/h7-8,12-14,16-21,29,32,59H,9-11,15,22H2,1-6H3,(H,50,57)/t29-,32-,40+/m1/s1/i5D3. The minimum Gasteiger partial charge on any atom is -0.382 e. The number of carbonyl (C=O) groups is 2. The number of aryl methyl sites for hydroxylation is 2. The lowest BCUT2D eigenvalue weighted by atomic mass is 9.95. The molecular weight excluding hydrogens is 787 g/mol. The number of nitrogens with one attached hydrogen (secondary N) is 1. The summed E-state index contributed by atoms with van der Waals surface area (Å²) in [5, 5.41) is 26.8. The Hall–Kier alpha value is -5.68. The fraction of sp³-hybridized carbons (Fsp3) is 0.415. The van der Waals surface area contributed by atoms with Crippen LogP contribution >= 0.6 is 11.6 Å². The van der Waals surface area contributed by atoms with Crippen LogP contribution in [-0.4, -0.2) is 84.2 Å². The maximum absolute atomic E-state index is 14.6. The van der Waals surface area contributed by atoms with E-state index in [1.807, 2.05) is 37.5 Å². The van der Waals surface area contributed by atoms with Crippen molar-refractivity contribution in [2.45, 2.75) is 82.8 Å². The Labute approximate surface area is 346 Å². The fourth-order valence-electron chi connectivity index (χ4n) is 8.07. The summed E-state index contributed by atoms with van der Waals surface area (Å²) in [5.41, 5.74) is -0.928. The number of amides is 2. The first kappa shape index (κ1) is 36.4. The van der Waals surface area contributed by atoms with Gasteiger partial charge in [0.1, 0.15) is 11.6 Å². The molecule has 14 nitrogen and oxygen atoms in total. The first-order chi connectivity index (χ1) is 28.9. The van der Waals surface area contributed by atoms with E-state index in [9.17, 15) is 27.9 Å². The van der Waals surface area contributed by atoms with Crippen LogP contribution in [0, 0.1) is 5.41 Å². The zero-order valence-electron chi connectivity index (χ0n) is 35.8. The zero-order valence-corrected chi connectivity index (χ0v) is 33.5. The van der Waals surface area contributed by atoms with E-state index in [4.69, 9.17) is 15.7 Å². The Balaban J connectivity index is 1.05. The molecule has 2 fully saturated rings. The molecule has 2 amide bonds. The molecule has 18 heteroatoms. The van der Waals surface area contributed by atoms with Gasteiger partial charge in [-0.05, 0) is 75.4 Å². The molecule has 1 saturated carbocycles. The predicted octanol–water partition coefficient (Wildman–Crippen LogP) is 5.83. The molecule has 1 aromatic carbocycles. The molecule has 3 atom stereocenters. The molecule has 6 heterocycles. The van der Waals surface area contributed by atoms with Crippen LogP contribution in [0.5, 0.6) is 0 Å². The monoisotopic (exact) mass is 832 g/mol. The summed E-state index contributed by atoms with van der Waals surface area (Å²) in [5.74, 6) is -1.02. The van der Waals surface area contributed by atoms with Gasteiger partial charge >= 0.3 is 6.18 Å². The van der Waals surface area contributed by atoms with Crippen LogP contribution in [0.3, 0.4) is 0 Å². The van der Waals surface area contributed by atoms with Gasteiger partial charge in [-0.2, -0.15) is 28.5 Å². The average Bonchev–Trinajstić information content (AvgIpc) is 3.60. The number of hydrogen-bond donors (Lipinski definition) is 2. The highest BCUT2D eigenvalue weighted by Crippen LogP contribution is 2.66. The number of carbonyl (C=O) groups excluding carboxylic acids is 2. The normalized spacial score (nSPS) is 19.9. The number of halogens is 4. The molecule has 1 aliphatic heterocycles. The van der Waals surface area contributed by atoms with Crippen molar-refractivity contribution in [3.05, 3.63) is 95.2 Å². The molecule has 308 valence electrons. The Kier molecular flexibility index (Phi) is 8.80. The number of nitrogens with zero attached hydrogens (tertiary/aromatic N) is 10. The number of pyridine rings is 1. The van der Waals surface area contributed by atoms with Crippen molar-refractivity contribution in [2.75, 3.05) is 6.54 Å². The van der Waals surface area contributed by atoms with E-state index >= 15 is 0 Å². The number of likely N-dealkylation sites (tertiary alicyclic amines) is 1. The number of alkyl halides is 3. The van der Waals surface area contributed by atoms with Gasteiger partial charge < -0.3 is 15.3 Å². The third-order valence-corrected chi connectivity index (χ3v) is 11.4. The highest BCUT2D eigenvalue weighted by atomic mass is 35.5. The summed E-state index contributed by atoms with van der Waals surface area (Å²) >= 11 is 6.91. The molecule has 0 radical (unpaired) electrons. The zero-order chi connectivity index (χ0) is 44.7. The third kappa shape index (κ3) is 7.80. The molecule has 2 aliphatic rings. The number of hydrogen-bond acceptors (Lipinski definition) is 9. The minimum atomic E-state index is -4.79. The van der Waals surface area contributed by atoms with E-state index in [2.05, 4.69) is 35.6 Å². The van der Waals surface area contributed by atoms with Crippen molar-refractivity contribution in [1.29, 1.82) is 0 Å². The smallest absolute Gasteiger partial charge is 0.382 e. The van der Waals surface area contributed by atoms with Gasteiger partial charge in [0.25, 0.3) is 0 Å². The van der Waals surface area contributed by atoms with E-state index < -0.39 is 47.4 Å². The van der Waals surface area contributed by atoms with E-state index in [1.54, 1.807) is 24.7 Å². The van der Waals surface area contributed by atoms with Gasteiger partial charge in [0.05, 0.1) is 29.4 Å². The quantitative estimate of drug-likeness (QED) is 0.164. The molecule has 2 N–H and O–H groups in total. The van der Waals surface area contributed by atoms with E-state index in [1.165, 1.54) is 43.5 Å². The van der Waals surface area contributed by atoms with Crippen LogP contribution in [0.1, 0.15) is 73.2 Å². The molecular formula is C41H43ClF3N11O3. The number of aliphatic hydroxyl groups is 1. The maximum Gasteiger partial charge on any atom is 0.435 e. The second-order valence-electron chi connectivity index (χ2n) is 16.6. The predicted molar refractivity (Wildman–Crippen MR) is 211 cm³/mol. The molecule has 1 spiro atoms. The van der Waals surface area contributed by atoms with Crippen LogP contribution < -0.4 is 5.32 Å². The Morgan fingerprint density at radius 3 is 2.44 bits per heavy atom. The van der Waals surface area contributed by atoms with Crippen LogP contribution in [0.25, 0.3) is 33.4 Å². The van der Waals surface area contributed by atoms with Crippen molar-refractivity contribution in [1.82, 2.24) is 54.5 Å². The SMILES string of the molecule is [2H]C([2H])([2H])n1cc(C[C@H](C(=O)NC(C)(C)Cn2nc(C(F)(F)F)cc2-c2cnc(C(C)(C)O)nc2)N2CC[C@@]3(C[C@@H]3c3ccc(-c4cnc5nn(C)cc5c4)cc3Cl)C2=O)cn1. The third-order valence-electron chi connectivity index (χ3n) is 11.1. The molecule has 59 heavy (non-hydrogen) atoms. The second kappa shape index (κ2) is 14.3. The van der Waals surface area contributed by atoms with Crippen LogP contribution in [0.2, 0.25) is 5.02 Å². The topological polar surface area (TPSA) is 162 Å². The number of fused-ring (bicyclic) bond motifs is 1. The van der Waals surface area contributed by atoms with Crippen LogP contribution in [0.4, 0.5) is 13.2 Å². The van der Waals surface area contributed by atoms with Gasteiger partial charge in [-0.25, -0.2) is 15.0 Å². The van der Waals surface area contributed by atoms with Crippen molar-refractivity contribution in [3.8, 4) is 22.4 Å². The number of rotatable bonds is 11. The number of benzene rings is 1. The van der Waals surface area contributed by atoms with Gasteiger partial charge in [0, 0.05) is 89.5 Å². The molecule has 5 aromatic heterocycles. The summed E-state index contributed by atoms with van der Waals surface area (Å²) < 4.78 is 69.0. The average molecular weight is 833 g/mol. The first-order valence-corrected chi connectivity index (χ1v) is 19.3. The maximum atomic E-state index is 14.6. The highest BCUT2D eigenvalue weighted by Gasteiger charge is 2.65. The molecule has 1 aliphatic carbocycles. The lowest BCUT2D eigenvalue weighted by Gasteiger charge is -2.33. The van der Waals surface area contributed by atoms with Gasteiger partial charge in [-0.3, -0.25) is 23.6 Å². The van der Waals surface area contributed by atoms with Crippen molar-refractivity contribution < 1.29 is 32.0 Å². The summed E-state index contributed by atoms with van der Waals surface area (Å²) in [7, 11) is 1.82. The summed E-state index contributed by atoms with van der Waals surface area (Å²) in [6, 6.07) is 7.39. The molecule has 6 aromatic rings. The summed E-state index contributed by atoms with van der Waals surface area (Å²) in [6.07, 6.45) is 4.87. The first-order valence-electron chi connectivity index (χ1n) is 20.4. The van der Waals surface area contributed by atoms with Gasteiger partial charge in [0.15, 0.2) is 17.2 Å². The fourth-order valence-corrected chi connectivity index (χ4v) is 8.38. The second-order valence-corrected chi connectivity index (χ2v) is 17.1. The lowest BCUT2D eigenvalue weighted by Crippen LogP contribution is -2.56. The largest absolute Gasteiger partial charge is 0.435 e. The Morgan fingerprint density at radius 2 is 1.76 bits per heavy atom. The summed E-state index contributed by atoms with van der Waals surface area (Å²) in [6.45, 7) is 3.56. The van der Waals surface area contributed by atoms with Crippen LogP contribution in [0.15, 0.2) is 67.5 Å². The molecule has 0 bridgehead atoms. The minimum absolute atomic E-state index is 0.0185. The highest BCUT2D eigenvalue weighted by molar-refractivity contribution is 6.31. The van der Waals surface area contributed by atoms with Crippen molar-refractivity contribution in [3.63, 3.8) is 0 Å². The van der Waals surface area contributed by atoms with Crippen molar-refractivity contribution >= 4 is 34.4 Å². The van der Waals surface area contributed by atoms with Crippen LogP contribution in [-0.2, 0) is 48.4 Å². The van der Waals surface area contributed by atoms with E-state index in [-0.39, 0.29) is 48.4 Å². The summed E-state index contributed by atoms with van der Waals surface area (Å²) in [4.78, 5) is 43.3. The molecule has 1 saturated heterocycles. The number of aromatic nitrogens is 9. The Morgan fingerprint density at radius 1 is 1.02 bits per heavy atom. The van der Waals surface area contributed by atoms with Gasteiger partial charge in [-0.1, -0.05) is 23.7 Å². The van der Waals surface area contributed by atoms with E-state index in [0.29, 0.717) is 29.1 Å². The Bertz CT molecular complexity index is 2710. The molecule has 0 unspecified atom stereocenters. The van der Waals surface area contributed by atoms with Crippen molar-refractivity contribution in [2.24, 2.45) is 19.4 Å². The molecule has 8 rings (SSSR count). The van der Waals surface area contributed by atoms with E-state index in [0.717, 1.165) is 37.5 Å². The lowest BCUT2D eigenvalue weighted by molar-refractivity contribution is -0.141. The van der Waals surface area contributed by atoms with Gasteiger partial charge in [-0.15, -0.1) is 0 Å².